The maximum Gasteiger partial charge on any atom is 0.266 e. The highest BCUT2D eigenvalue weighted by molar-refractivity contribution is 7.20. The van der Waals surface area contributed by atoms with E-state index >= 15 is 0 Å². The van der Waals surface area contributed by atoms with Crippen molar-refractivity contribution in [3.05, 3.63) is 40.5 Å². The van der Waals surface area contributed by atoms with Gasteiger partial charge in [0.05, 0.1) is 16.9 Å². The van der Waals surface area contributed by atoms with E-state index in [0.29, 0.717) is 11.5 Å². The third kappa shape index (κ3) is 4.12. The van der Waals surface area contributed by atoms with E-state index in [4.69, 9.17) is 9.72 Å². The van der Waals surface area contributed by atoms with E-state index in [-0.39, 0.29) is 5.91 Å². The summed E-state index contributed by atoms with van der Waals surface area (Å²) < 4.78 is 5.47. The second-order valence-corrected chi connectivity index (χ2v) is 8.91. The third-order valence-corrected chi connectivity index (χ3v) is 6.78. The van der Waals surface area contributed by atoms with Crippen LogP contribution in [0.25, 0.3) is 10.2 Å². The van der Waals surface area contributed by atoms with E-state index in [1.165, 1.54) is 24.2 Å². The van der Waals surface area contributed by atoms with E-state index in [2.05, 4.69) is 22.1 Å². The number of hydrogen-bond acceptors (Lipinski definition) is 6. The number of hydrogen-bond donors (Lipinski definition) is 1. The van der Waals surface area contributed by atoms with Gasteiger partial charge in [-0.2, -0.15) is 0 Å². The van der Waals surface area contributed by atoms with Crippen molar-refractivity contribution in [3.63, 3.8) is 0 Å². The molecule has 0 aliphatic carbocycles. The van der Waals surface area contributed by atoms with Crippen LogP contribution in [0.3, 0.4) is 0 Å². The Hall–Kier alpha value is -2.67. The molecule has 0 spiro atoms. The molecule has 1 aliphatic heterocycles. The van der Waals surface area contributed by atoms with E-state index in [1.54, 1.807) is 0 Å². The summed E-state index contributed by atoms with van der Waals surface area (Å²) in [5.41, 5.74) is 1.69. The Bertz CT molecular complexity index is 1050. The standard InChI is InChI=1S/C23H28N4O2S/c1-5-29-18-8-6-17(7-9-18)26-22(28)20-15(3)19-21(24-16(4)25-23(19)30-20)27-12-10-14(2)11-13-27/h6-9,14H,5,10-13H2,1-4H3,(H,26,28). The Labute approximate surface area is 181 Å². The first-order chi connectivity index (χ1) is 14.5. The smallest absolute Gasteiger partial charge is 0.266 e. The van der Waals surface area contributed by atoms with E-state index in [0.717, 1.165) is 57.9 Å². The van der Waals surface area contributed by atoms with Gasteiger partial charge in [0, 0.05) is 18.8 Å². The number of nitrogens with one attached hydrogen (secondary N) is 1. The van der Waals surface area contributed by atoms with Gasteiger partial charge in [-0.25, -0.2) is 9.97 Å². The number of ether oxygens (including phenoxy) is 1. The second-order valence-electron chi connectivity index (χ2n) is 7.91. The number of aryl methyl sites for hydroxylation is 2. The number of carbonyl (C=O) groups excluding carboxylic acids is 1. The Kier molecular flexibility index (Phi) is 5.90. The molecule has 0 radical (unpaired) electrons. The molecule has 6 nitrogen and oxygen atoms in total. The number of thiophene rings is 1. The highest BCUT2D eigenvalue weighted by atomic mass is 32.1. The minimum Gasteiger partial charge on any atom is -0.494 e. The normalized spacial score (nSPS) is 14.9. The van der Waals surface area contributed by atoms with Gasteiger partial charge in [0.1, 0.15) is 22.2 Å². The maximum absolute atomic E-state index is 13.0. The molecule has 30 heavy (non-hydrogen) atoms. The van der Waals surface area contributed by atoms with Crippen LogP contribution in [0.2, 0.25) is 0 Å². The van der Waals surface area contributed by atoms with Crippen LogP contribution in [0.5, 0.6) is 5.75 Å². The third-order valence-electron chi connectivity index (χ3n) is 5.60. The average Bonchev–Trinajstić information content (AvgIpc) is 3.06. The number of carbonyl (C=O) groups is 1. The van der Waals surface area contributed by atoms with Crippen molar-refractivity contribution in [2.45, 2.75) is 40.5 Å². The largest absolute Gasteiger partial charge is 0.494 e. The van der Waals surface area contributed by atoms with Crippen LogP contribution in [0.15, 0.2) is 24.3 Å². The second kappa shape index (κ2) is 8.60. The predicted molar refractivity (Wildman–Crippen MR) is 123 cm³/mol. The molecule has 1 aromatic carbocycles. The Morgan fingerprint density at radius 2 is 1.90 bits per heavy atom. The van der Waals surface area contributed by atoms with Crippen molar-refractivity contribution in [3.8, 4) is 5.75 Å². The molecule has 2 aromatic heterocycles. The fourth-order valence-corrected chi connectivity index (χ4v) is 4.99. The Morgan fingerprint density at radius 1 is 1.20 bits per heavy atom. The Balaban J connectivity index is 1.64. The zero-order chi connectivity index (χ0) is 21.3. The number of benzene rings is 1. The van der Waals surface area contributed by atoms with Crippen LogP contribution in [0.1, 0.15) is 47.7 Å². The lowest BCUT2D eigenvalue weighted by Crippen LogP contribution is -2.33. The summed E-state index contributed by atoms with van der Waals surface area (Å²) in [5, 5.41) is 4.01. The molecule has 3 aromatic rings. The molecular formula is C23H28N4O2S. The predicted octanol–water partition coefficient (Wildman–Crippen LogP) is 5.20. The van der Waals surface area contributed by atoms with Crippen LogP contribution in [-0.4, -0.2) is 35.6 Å². The lowest BCUT2D eigenvalue weighted by atomic mass is 9.99. The summed E-state index contributed by atoms with van der Waals surface area (Å²) in [6, 6.07) is 7.44. The van der Waals surface area contributed by atoms with Crippen molar-refractivity contribution in [1.82, 2.24) is 9.97 Å². The van der Waals surface area contributed by atoms with Crippen LogP contribution in [0, 0.1) is 19.8 Å². The first-order valence-corrected chi connectivity index (χ1v) is 11.3. The van der Waals surface area contributed by atoms with E-state index in [1.807, 2.05) is 45.0 Å². The van der Waals surface area contributed by atoms with Gasteiger partial charge in [0.25, 0.3) is 5.91 Å². The number of piperidine rings is 1. The van der Waals surface area contributed by atoms with Gasteiger partial charge in [-0.3, -0.25) is 4.79 Å². The highest BCUT2D eigenvalue weighted by Gasteiger charge is 2.25. The Morgan fingerprint density at radius 3 is 2.57 bits per heavy atom. The average molecular weight is 425 g/mol. The van der Waals surface area contributed by atoms with Crippen LogP contribution in [0.4, 0.5) is 11.5 Å². The van der Waals surface area contributed by atoms with Gasteiger partial charge < -0.3 is 15.0 Å². The first kappa shape index (κ1) is 20.6. The minimum atomic E-state index is -0.115. The van der Waals surface area contributed by atoms with Crippen LogP contribution in [-0.2, 0) is 0 Å². The quantitative estimate of drug-likeness (QED) is 0.610. The van der Waals surface area contributed by atoms with E-state index < -0.39 is 0 Å². The lowest BCUT2D eigenvalue weighted by Gasteiger charge is -2.31. The summed E-state index contributed by atoms with van der Waals surface area (Å²) in [6.45, 7) is 10.8. The lowest BCUT2D eigenvalue weighted by molar-refractivity contribution is 0.103. The number of fused-ring (bicyclic) bond motifs is 1. The zero-order valence-corrected chi connectivity index (χ0v) is 18.8. The van der Waals surface area contributed by atoms with Gasteiger partial charge in [-0.15, -0.1) is 11.3 Å². The van der Waals surface area contributed by atoms with Crippen LogP contribution >= 0.6 is 11.3 Å². The van der Waals surface area contributed by atoms with Gasteiger partial charge >= 0.3 is 0 Å². The summed E-state index contributed by atoms with van der Waals surface area (Å²) in [4.78, 5) is 26.4. The minimum absolute atomic E-state index is 0.115. The van der Waals surface area contributed by atoms with Gasteiger partial charge in [-0.05, 0) is 69.4 Å². The van der Waals surface area contributed by atoms with E-state index in [9.17, 15) is 4.79 Å². The molecule has 158 valence electrons. The van der Waals surface area contributed by atoms with Crippen molar-refractivity contribution >= 4 is 39.0 Å². The molecule has 4 rings (SSSR count). The monoisotopic (exact) mass is 424 g/mol. The van der Waals surface area contributed by atoms with Gasteiger partial charge in [-0.1, -0.05) is 6.92 Å². The first-order valence-electron chi connectivity index (χ1n) is 10.5. The summed E-state index contributed by atoms with van der Waals surface area (Å²) in [7, 11) is 0. The number of amides is 1. The molecule has 0 unspecified atom stereocenters. The van der Waals surface area contributed by atoms with Gasteiger partial charge in [0.15, 0.2) is 0 Å². The molecule has 0 atom stereocenters. The highest BCUT2D eigenvalue weighted by Crippen LogP contribution is 2.37. The summed E-state index contributed by atoms with van der Waals surface area (Å²) in [6.07, 6.45) is 2.33. The van der Waals surface area contributed by atoms with Crippen molar-refractivity contribution in [2.75, 3.05) is 29.9 Å². The maximum atomic E-state index is 13.0. The van der Waals surface area contributed by atoms with Crippen molar-refractivity contribution in [1.29, 1.82) is 0 Å². The fourth-order valence-electron chi connectivity index (χ4n) is 3.88. The molecule has 1 fully saturated rings. The molecule has 3 heterocycles. The number of aromatic nitrogens is 2. The molecule has 1 aliphatic rings. The topological polar surface area (TPSA) is 67.3 Å². The van der Waals surface area contributed by atoms with Crippen molar-refractivity contribution in [2.24, 2.45) is 5.92 Å². The number of anilines is 2. The SMILES string of the molecule is CCOc1ccc(NC(=O)c2sc3nc(C)nc(N4CCC(C)CC4)c3c2C)cc1. The molecule has 1 N–H and O–H groups in total. The van der Waals surface area contributed by atoms with Gasteiger partial charge in [0.2, 0.25) is 0 Å². The summed E-state index contributed by atoms with van der Waals surface area (Å²) >= 11 is 1.44. The zero-order valence-electron chi connectivity index (χ0n) is 18.0. The molecule has 0 bridgehead atoms. The van der Waals surface area contributed by atoms with Crippen LogP contribution < -0.4 is 15.0 Å². The molecule has 7 heteroatoms. The fraction of sp³-hybridized carbons (Fsp3) is 0.435. The van der Waals surface area contributed by atoms with Crippen molar-refractivity contribution < 1.29 is 9.53 Å². The molecule has 1 amide bonds. The molecule has 1 saturated heterocycles. The number of rotatable bonds is 5. The molecular weight excluding hydrogens is 396 g/mol. The summed E-state index contributed by atoms with van der Waals surface area (Å²) in [5.74, 6) is 3.14. The number of nitrogens with zero attached hydrogens (tertiary/aromatic N) is 3. The molecule has 0 saturated carbocycles.